The minimum atomic E-state index is 0.708. The molecule has 2 heterocycles. The fraction of sp³-hybridized carbons (Fsp3) is 0.714. The van der Waals surface area contributed by atoms with E-state index < -0.39 is 0 Å². The third-order valence-corrected chi connectivity index (χ3v) is 4.58. The second kappa shape index (κ2) is 5.98. The first kappa shape index (κ1) is 13.1. The summed E-state index contributed by atoms with van der Waals surface area (Å²) in [6.07, 6.45) is 1.36. The lowest BCUT2D eigenvalue weighted by Crippen LogP contribution is -2.30. The van der Waals surface area contributed by atoms with Gasteiger partial charge in [-0.25, -0.2) is 0 Å². The Labute approximate surface area is 109 Å². The number of nitrogens with zero attached hydrogens (tertiary/aromatic N) is 1. The predicted octanol–water partition coefficient (Wildman–Crippen LogP) is 2.88. The van der Waals surface area contributed by atoms with Gasteiger partial charge in [-0.2, -0.15) is 0 Å². The lowest BCUT2D eigenvalue weighted by Gasteiger charge is -2.20. The summed E-state index contributed by atoms with van der Waals surface area (Å²) < 4.78 is 0. The van der Waals surface area contributed by atoms with Crippen molar-refractivity contribution in [1.82, 2.24) is 10.2 Å². The van der Waals surface area contributed by atoms with Gasteiger partial charge >= 0.3 is 0 Å². The maximum Gasteiger partial charge on any atom is 0.0299 e. The fourth-order valence-corrected chi connectivity index (χ4v) is 3.34. The van der Waals surface area contributed by atoms with Gasteiger partial charge in [-0.05, 0) is 58.3 Å². The van der Waals surface area contributed by atoms with Crippen molar-refractivity contribution in [3.8, 4) is 0 Å². The maximum atomic E-state index is 3.60. The van der Waals surface area contributed by atoms with Crippen molar-refractivity contribution in [3.05, 3.63) is 21.9 Å². The average molecular weight is 252 g/mol. The van der Waals surface area contributed by atoms with Crippen molar-refractivity contribution < 1.29 is 0 Å². The first-order valence-corrected chi connectivity index (χ1v) is 7.47. The molecule has 1 N–H and O–H groups in total. The number of hydrogen-bond donors (Lipinski definition) is 1. The molecule has 0 saturated carbocycles. The Balaban J connectivity index is 1.66. The minimum Gasteiger partial charge on any atom is -0.312 e. The standard InChI is InChI=1S/C14H24N2S/c1-11(2)16-7-6-13(10-16)8-15-9-14-5-4-12(3)17-14/h4-5,11,13,15H,6-10H2,1-3H3. The molecule has 1 atom stereocenters. The lowest BCUT2D eigenvalue weighted by atomic mass is 10.1. The van der Waals surface area contributed by atoms with Crippen molar-refractivity contribution in [1.29, 1.82) is 0 Å². The van der Waals surface area contributed by atoms with E-state index in [1.54, 1.807) is 0 Å². The number of thiophene rings is 1. The summed E-state index contributed by atoms with van der Waals surface area (Å²) in [4.78, 5) is 5.46. The van der Waals surface area contributed by atoms with Crippen LogP contribution in [0.4, 0.5) is 0 Å². The third-order valence-electron chi connectivity index (χ3n) is 3.58. The van der Waals surface area contributed by atoms with Gasteiger partial charge in [-0.1, -0.05) is 0 Å². The van der Waals surface area contributed by atoms with Crippen LogP contribution >= 0.6 is 11.3 Å². The summed E-state index contributed by atoms with van der Waals surface area (Å²) in [6, 6.07) is 5.15. The molecule has 2 rings (SSSR count). The second-order valence-corrected chi connectivity index (χ2v) is 6.76. The highest BCUT2D eigenvalue weighted by molar-refractivity contribution is 7.11. The zero-order valence-electron chi connectivity index (χ0n) is 11.2. The number of aryl methyl sites for hydroxylation is 1. The topological polar surface area (TPSA) is 15.3 Å². The molecule has 96 valence electrons. The molecule has 0 spiro atoms. The molecule has 2 nitrogen and oxygen atoms in total. The van der Waals surface area contributed by atoms with Crippen molar-refractivity contribution in [2.24, 2.45) is 5.92 Å². The highest BCUT2D eigenvalue weighted by Gasteiger charge is 2.23. The molecule has 3 heteroatoms. The number of nitrogens with one attached hydrogen (secondary N) is 1. The molecule has 17 heavy (non-hydrogen) atoms. The van der Waals surface area contributed by atoms with E-state index in [0.717, 1.165) is 12.5 Å². The van der Waals surface area contributed by atoms with E-state index in [2.05, 4.69) is 43.1 Å². The van der Waals surface area contributed by atoms with Gasteiger partial charge in [-0.3, -0.25) is 0 Å². The van der Waals surface area contributed by atoms with Crippen LogP contribution in [0, 0.1) is 12.8 Å². The van der Waals surface area contributed by atoms with Crippen molar-refractivity contribution in [2.45, 2.75) is 39.8 Å². The van der Waals surface area contributed by atoms with Crippen LogP contribution < -0.4 is 5.32 Å². The largest absolute Gasteiger partial charge is 0.312 e. The Hall–Kier alpha value is -0.380. The number of likely N-dealkylation sites (tertiary alicyclic amines) is 1. The van der Waals surface area contributed by atoms with Gasteiger partial charge in [0.05, 0.1) is 0 Å². The fourth-order valence-electron chi connectivity index (χ4n) is 2.48. The molecule has 1 aromatic rings. The summed E-state index contributed by atoms with van der Waals surface area (Å²) in [7, 11) is 0. The second-order valence-electron chi connectivity index (χ2n) is 5.39. The lowest BCUT2D eigenvalue weighted by molar-refractivity contribution is 0.264. The molecule has 1 aromatic heterocycles. The summed E-state index contributed by atoms with van der Waals surface area (Å²) in [5.74, 6) is 0.846. The van der Waals surface area contributed by atoms with E-state index in [1.165, 1.54) is 35.8 Å². The third kappa shape index (κ3) is 3.80. The van der Waals surface area contributed by atoms with Crippen molar-refractivity contribution in [3.63, 3.8) is 0 Å². The molecule has 0 bridgehead atoms. The minimum absolute atomic E-state index is 0.708. The zero-order chi connectivity index (χ0) is 12.3. The van der Waals surface area contributed by atoms with Crippen LogP contribution in [-0.4, -0.2) is 30.6 Å². The summed E-state index contributed by atoms with van der Waals surface area (Å²) in [5.41, 5.74) is 0. The molecule has 0 aliphatic carbocycles. The van der Waals surface area contributed by atoms with Gasteiger partial charge in [0, 0.05) is 28.9 Å². The molecule has 1 fully saturated rings. The summed E-state index contributed by atoms with van der Waals surface area (Å²) in [6.45, 7) is 11.5. The van der Waals surface area contributed by atoms with Crippen LogP contribution in [-0.2, 0) is 6.54 Å². The molecule has 0 amide bonds. The van der Waals surface area contributed by atoms with Crippen LogP contribution in [0.2, 0.25) is 0 Å². The van der Waals surface area contributed by atoms with E-state index in [-0.39, 0.29) is 0 Å². The SMILES string of the molecule is Cc1ccc(CNCC2CCN(C(C)C)C2)s1. The highest BCUT2D eigenvalue weighted by Crippen LogP contribution is 2.18. The molecule has 1 aliphatic heterocycles. The van der Waals surface area contributed by atoms with Gasteiger partial charge < -0.3 is 10.2 Å². The van der Waals surface area contributed by atoms with Gasteiger partial charge in [0.1, 0.15) is 0 Å². The average Bonchev–Trinajstić information content (AvgIpc) is 2.88. The Bertz CT molecular complexity index is 346. The molecule has 0 aromatic carbocycles. The van der Waals surface area contributed by atoms with Crippen molar-refractivity contribution in [2.75, 3.05) is 19.6 Å². The van der Waals surface area contributed by atoms with Crippen LogP contribution in [0.5, 0.6) is 0 Å². The number of hydrogen-bond acceptors (Lipinski definition) is 3. The first-order chi connectivity index (χ1) is 8.15. The Morgan fingerprint density at radius 2 is 2.29 bits per heavy atom. The Kier molecular flexibility index (Phi) is 4.60. The van der Waals surface area contributed by atoms with Gasteiger partial charge in [0.2, 0.25) is 0 Å². The van der Waals surface area contributed by atoms with E-state index in [4.69, 9.17) is 0 Å². The summed E-state index contributed by atoms with van der Waals surface area (Å²) in [5, 5.41) is 3.60. The van der Waals surface area contributed by atoms with Gasteiger partial charge in [0.15, 0.2) is 0 Å². The molecule has 1 unspecified atom stereocenters. The van der Waals surface area contributed by atoms with Crippen molar-refractivity contribution >= 4 is 11.3 Å². The number of rotatable bonds is 5. The van der Waals surface area contributed by atoms with Crippen LogP contribution in [0.3, 0.4) is 0 Å². The predicted molar refractivity (Wildman–Crippen MR) is 75.6 cm³/mol. The highest BCUT2D eigenvalue weighted by atomic mass is 32.1. The van der Waals surface area contributed by atoms with E-state index in [9.17, 15) is 0 Å². The summed E-state index contributed by atoms with van der Waals surface area (Å²) >= 11 is 1.90. The van der Waals surface area contributed by atoms with Gasteiger partial charge in [-0.15, -0.1) is 11.3 Å². The van der Waals surface area contributed by atoms with E-state index in [1.807, 2.05) is 11.3 Å². The molecule has 1 saturated heterocycles. The smallest absolute Gasteiger partial charge is 0.0299 e. The monoisotopic (exact) mass is 252 g/mol. The Morgan fingerprint density at radius 1 is 1.47 bits per heavy atom. The molecule has 1 aliphatic rings. The van der Waals surface area contributed by atoms with E-state index >= 15 is 0 Å². The van der Waals surface area contributed by atoms with E-state index in [0.29, 0.717) is 6.04 Å². The molecular formula is C14H24N2S. The maximum absolute atomic E-state index is 3.60. The normalized spacial score (nSPS) is 21.5. The molecular weight excluding hydrogens is 228 g/mol. The Morgan fingerprint density at radius 3 is 2.88 bits per heavy atom. The molecule has 0 radical (unpaired) electrons. The van der Waals surface area contributed by atoms with Crippen LogP contribution in [0.25, 0.3) is 0 Å². The zero-order valence-corrected chi connectivity index (χ0v) is 12.0. The van der Waals surface area contributed by atoms with Crippen LogP contribution in [0.1, 0.15) is 30.0 Å². The van der Waals surface area contributed by atoms with Gasteiger partial charge in [0.25, 0.3) is 0 Å². The van der Waals surface area contributed by atoms with Crippen LogP contribution in [0.15, 0.2) is 12.1 Å². The first-order valence-electron chi connectivity index (χ1n) is 6.65. The quantitative estimate of drug-likeness (QED) is 0.867.